The molecule has 0 heterocycles. The lowest BCUT2D eigenvalue weighted by molar-refractivity contribution is 0.227. The first-order valence-electron chi connectivity index (χ1n) is 5.47. The highest BCUT2D eigenvalue weighted by atomic mass is 32.2. The van der Waals surface area contributed by atoms with E-state index in [9.17, 15) is 21.6 Å². The first-order chi connectivity index (χ1) is 8.70. The normalized spacial score (nSPS) is 13.8. The molecule has 0 aliphatic rings. The molecule has 0 aromatic heterocycles. The van der Waals surface area contributed by atoms with Gasteiger partial charge in [0.15, 0.2) is 17.5 Å². The van der Waals surface area contributed by atoms with Crippen molar-refractivity contribution in [1.29, 1.82) is 0 Å². The van der Waals surface area contributed by atoms with Gasteiger partial charge in [-0.25, -0.2) is 26.3 Å². The zero-order valence-electron chi connectivity index (χ0n) is 10.3. The summed E-state index contributed by atoms with van der Waals surface area (Å²) in [5.41, 5.74) is 0. The summed E-state index contributed by atoms with van der Waals surface area (Å²) in [4.78, 5) is -0.995. The van der Waals surface area contributed by atoms with Crippen LogP contribution in [0.3, 0.4) is 0 Å². The van der Waals surface area contributed by atoms with E-state index in [0.717, 1.165) is 0 Å². The van der Waals surface area contributed by atoms with E-state index < -0.39 is 45.0 Å². The van der Waals surface area contributed by atoms with Gasteiger partial charge in [0.05, 0.1) is 6.61 Å². The minimum absolute atomic E-state index is 0.256. The SMILES string of the molecule is CC(C)C(CO)NS(=O)(=O)c1ccc(F)c(F)c1F. The van der Waals surface area contributed by atoms with Gasteiger partial charge in [-0.15, -0.1) is 0 Å². The maximum Gasteiger partial charge on any atom is 0.243 e. The van der Waals surface area contributed by atoms with Crippen LogP contribution in [0.2, 0.25) is 0 Å². The van der Waals surface area contributed by atoms with Crippen molar-refractivity contribution < 1.29 is 26.7 Å². The smallest absolute Gasteiger partial charge is 0.243 e. The first kappa shape index (κ1) is 15.9. The summed E-state index contributed by atoms with van der Waals surface area (Å²) in [5.74, 6) is -5.37. The van der Waals surface area contributed by atoms with Gasteiger partial charge >= 0.3 is 0 Å². The second-order valence-corrected chi connectivity index (χ2v) is 6.01. The van der Waals surface area contributed by atoms with Gasteiger partial charge in [-0.3, -0.25) is 0 Å². The Morgan fingerprint density at radius 2 is 1.79 bits per heavy atom. The maximum atomic E-state index is 13.4. The third kappa shape index (κ3) is 3.46. The Balaban J connectivity index is 3.18. The molecule has 0 bridgehead atoms. The summed E-state index contributed by atoms with van der Waals surface area (Å²) in [6.45, 7) is 2.79. The maximum absolute atomic E-state index is 13.4. The average Bonchev–Trinajstić information content (AvgIpc) is 2.32. The zero-order chi connectivity index (χ0) is 14.8. The van der Waals surface area contributed by atoms with Crippen LogP contribution in [0.5, 0.6) is 0 Å². The van der Waals surface area contributed by atoms with Crippen LogP contribution in [0.1, 0.15) is 13.8 Å². The number of rotatable bonds is 5. The van der Waals surface area contributed by atoms with Crippen LogP contribution in [0, 0.1) is 23.4 Å². The summed E-state index contributed by atoms with van der Waals surface area (Å²) in [7, 11) is -4.38. The highest BCUT2D eigenvalue weighted by Gasteiger charge is 2.27. The molecule has 4 nitrogen and oxygen atoms in total. The Hall–Kier alpha value is -1.12. The van der Waals surface area contributed by atoms with Gasteiger partial charge in [0.2, 0.25) is 10.0 Å². The lowest BCUT2D eigenvalue weighted by Gasteiger charge is -2.20. The molecule has 0 fully saturated rings. The molecule has 0 saturated heterocycles. The van der Waals surface area contributed by atoms with Crippen molar-refractivity contribution in [3.05, 3.63) is 29.6 Å². The van der Waals surface area contributed by atoms with Gasteiger partial charge in [-0.1, -0.05) is 13.8 Å². The quantitative estimate of drug-likeness (QED) is 0.807. The van der Waals surface area contributed by atoms with Gasteiger partial charge in [0.1, 0.15) is 4.90 Å². The molecule has 8 heteroatoms. The van der Waals surface area contributed by atoms with Gasteiger partial charge in [0, 0.05) is 6.04 Å². The van der Waals surface area contributed by atoms with E-state index in [4.69, 9.17) is 5.11 Å². The molecule has 1 atom stereocenters. The predicted molar refractivity (Wildman–Crippen MR) is 62.3 cm³/mol. The topological polar surface area (TPSA) is 66.4 Å². The number of aliphatic hydroxyl groups is 1. The minimum Gasteiger partial charge on any atom is -0.395 e. The summed E-state index contributed by atoms with van der Waals surface area (Å²) in [5, 5.41) is 9.02. The van der Waals surface area contributed by atoms with Crippen molar-refractivity contribution in [1.82, 2.24) is 4.72 Å². The summed E-state index contributed by atoms with van der Waals surface area (Å²) < 4.78 is 64.9. The molecular formula is C11H14F3NO3S. The molecule has 1 aromatic rings. The first-order valence-corrected chi connectivity index (χ1v) is 6.95. The number of benzene rings is 1. The minimum atomic E-state index is -4.38. The lowest BCUT2D eigenvalue weighted by Crippen LogP contribution is -2.41. The number of nitrogens with one attached hydrogen (secondary N) is 1. The fraction of sp³-hybridized carbons (Fsp3) is 0.455. The van der Waals surface area contributed by atoms with Crippen LogP contribution in [0.25, 0.3) is 0 Å². The van der Waals surface area contributed by atoms with Gasteiger partial charge in [-0.05, 0) is 18.1 Å². The van der Waals surface area contributed by atoms with E-state index in [2.05, 4.69) is 0 Å². The van der Waals surface area contributed by atoms with Crippen LogP contribution in [-0.4, -0.2) is 26.2 Å². The molecule has 0 spiro atoms. The highest BCUT2D eigenvalue weighted by molar-refractivity contribution is 7.89. The molecular weight excluding hydrogens is 283 g/mol. The standard InChI is InChI=1S/C11H14F3NO3S/c1-6(2)8(5-16)15-19(17,18)9-4-3-7(12)10(13)11(9)14/h3-4,6,8,15-16H,5H2,1-2H3. The van der Waals surface area contributed by atoms with Crippen LogP contribution in [0.4, 0.5) is 13.2 Å². The summed E-state index contributed by atoms with van der Waals surface area (Å²) >= 11 is 0. The molecule has 0 saturated carbocycles. The van der Waals surface area contributed by atoms with Crippen molar-refractivity contribution >= 4 is 10.0 Å². The average molecular weight is 297 g/mol. The van der Waals surface area contributed by atoms with Crippen LogP contribution in [-0.2, 0) is 10.0 Å². The van der Waals surface area contributed by atoms with Crippen molar-refractivity contribution in [3.8, 4) is 0 Å². The van der Waals surface area contributed by atoms with E-state index in [-0.39, 0.29) is 5.92 Å². The molecule has 19 heavy (non-hydrogen) atoms. The van der Waals surface area contributed by atoms with E-state index >= 15 is 0 Å². The molecule has 108 valence electrons. The Kier molecular flexibility index (Phi) is 4.94. The van der Waals surface area contributed by atoms with Crippen molar-refractivity contribution in [2.75, 3.05) is 6.61 Å². The van der Waals surface area contributed by atoms with Crippen LogP contribution >= 0.6 is 0 Å². The van der Waals surface area contributed by atoms with Gasteiger partial charge < -0.3 is 5.11 Å². The number of halogens is 3. The monoisotopic (exact) mass is 297 g/mol. The Morgan fingerprint density at radius 3 is 2.26 bits per heavy atom. The fourth-order valence-corrected chi connectivity index (χ4v) is 2.81. The largest absolute Gasteiger partial charge is 0.395 e. The van der Waals surface area contributed by atoms with Crippen molar-refractivity contribution in [2.45, 2.75) is 24.8 Å². The van der Waals surface area contributed by atoms with Crippen molar-refractivity contribution in [3.63, 3.8) is 0 Å². The Bertz CT molecular complexity index is 561. The summed E-state index contributed by atoms with van der Waals surface area (Å²) in [6, 6.07) is 0.304. The molecule has 0 amide bonds. The molecule has 1 rings (SSSR count). The molecule has 0 aliphatic carbocycles. The highest BCUT2D eigenvalue weighted by Crippen LogP contribution is 2.20. The van der Waals surface area contributed by atoms with E-state index in [1.54, 1.807) is 13.8 Å². The Labute approximate surface area is 109 Å². The fourth-order valence-electron chi connectivity index (χ4n) is 1.36. The third-order valence-corrected chi connectivity index (χ3v) is 4.10. The zero-order valence-corrected chi connectivity index (χ0v) is 11.1. The Morgan fingerprint density at radius 1 is 1.21 bits per heavy atom. The second kappa shape index (κ2) is 5.89. The second-order valence-electron chi connectivity index (χ2n) is 4.33. The van der Waals surface area contributed by atoms with Crippen molar-refractivity contribution in [2.24, 2.45) is 5.92 Å². The molecule has 1 aromatic carbocycles. The molecule has 1 unspecified atom stereocenters. The molecule has 0 radical (unpaired) electrons. The molecule has 2 N–H and O–H groups in total. The van der Waals surface area contributed by atoms with E-state index in [1.165, 1.54) is 0 Å². The van der Waals surface area contributed by atoms with Crippen LogP contribution in [0.15, 0.2) is 17.0 Å². The number of aliphatic hydroxyl groups excluding tert-OH is 1. The van der Waals surface area contributed by atoms with Crippen LogP contribution < -0.4 is 4.72 Å². The van der Waals surface area contributed by atoms with E-state index in [1.807, 2.05) is 4.72 Å². The number of hydrogen-bond acceptors (Lipinski definition) is 3. The van der Waals surface area contributed by atoms with E-state index in [0.29, 0.717) is 12.1 Å². The third-order valence-electron chi connectivity index (χ3n) is 2.60. The number of hydrogen-bond donors (Lipinski definition) is 2. The lowest BCUT2D eigenvalue weighted by atomic mass is 10.1. The number of sulfonamides is 1. The van der Waals surface area contributed by atoms with Gasteiger partial charge in [-0.2, -0.15) is 0 Å². The summed E-state index contributed by atoms with van der Waals surface area (Å²) in [6.07, 6.45) is 0. The predicted octanol–water partition coefficient (Wildman–Crippen LogP) is 1.40. The van der Waals surface area contributed by atoms with Gasteiger partial charge in [0.25, 0.3) is 0 Å². The molecule has 0 aliphatic heterocycles.